The van der Waals surface area contributed by atoms with Crippen LogP contribution in [0.1, 0.15) is 24.0 Å². The highest BCUT2D eigenvalue weighted by Crippen LogP contribution is 2.28. The molecular formula is C20H22N2O3. The van der Waals surface area contributed by atoms with Crippen molar-refractivity contribution >= 4 is 5.91 Å². The molecule has 0 aliphatic rings. The fraction of sp³-hybridized carbons (Fsp3) is 0.300. The minimum atomic E-state index is -0.288. The largest absolute Gasteiger partial charge is 0.493 e. The first-order valence-corrected chi connectivity index (χ1v) is 8.20. The van der Waals surface area contributed by atoms with Crippen molar-refractivity contribution in [2.24, 2.45) is 0 Å². The number of hydrogen-bond acceptors (Lipinski definition) is 4. The first-order valence-electron chi connectivity index (χ1n) is 8.20. The molecule has 25 heavy (non-hydrogen) atoms. The Bertz CT molecular complexity index is 723. The van der Waals surface area contributed by atoms with Crippen LogP contribution in [0.15, 0.2) is 48.5 Å². The molecule has 0 atom stereocenters. The van der Waals surface area contributed by atoms with Crippen LogP contribution < -0.4 is 14.8 Å². The van der Waals surface area contributed by atoms with E-state index in [1.54, 1.807) is 7.11 Å². The van der Waals surface area contributed by atoms with E-state index in [-0.39, 0.29) is 12.3 Å². The molecule has 130 valence electrons. The third-order valence-electron chi connectivity index (χ3n) is 3.67. The van der Waals surface area contributed by atoms with Gasteiger partial charge in [0.25, 0.3) is 0 Å². The van der Waals surface area contributed by atoms with Crippen molar-refractivity contribution in [3.05, 3.63) is 59.7 Å². The molecule has 5 nitrogen and oxygen atoms in total. The maximum absolute atomic E-state index is 11.4. The first kappa shape index (κ1) is 18.3. The third-order valence-corrected chi connectivity index (χ3v) is 3.67. The second kappa shape index (κ2) is 9.99. The quantitative estimate of drug-likeness (QED) is 0.713. The van der Waals surface area contributed by atoms with E-state index in [2.05, 4.69) is 17.4 Å². The molecule has 2 aromatic carbocycles. The van der Waals surface area contributed by atoms with Crippen LogP contribution in [0.25, 0.3) is 0 Å². The van der Waals surface area contributed by atoms with Crippen LogP contribution in [-0.2, 0) is 17.8 Å². The van der Waals surface area contributed by atoms with Crippen LogP contribution in [0.4, 0.5) is 0 Å². The SMILES string of the molecule is COc1ccc(CNC(=O)CC#N)cc1OCCCc1ccccc1. The maximum Gasteiger partial charge on any atom is 0.234 e. The summed E-state index contributed by atoms with van der Waals surface area (Å²) in [6.07, 6.45) is 1.71. The zero-order chi connectivity index (χ0) is 17.9. The van der Waals surface area contributed by atoms with Gasteiger partial charge in [0.2, 0.25) is 5.91 Å². The summed E-state index contributed by atoms with van der Waals surface area (Å²) in [5.74, 6) is 1.03. The lowest BCUT2D eigenvalue weighted by molar-refractivity contribution is -0.120. The maximum atomic E-state index is 11.4. The molecule has 0 radical (unpaired) electrons. The number of nitriles is 1. The molecule has 1 N–H and O–H groups in total. The number of ether oxygens (including phenoxy) is 2. The van der Waals surface area contributed by atoms with E-state index in [9.17, 15) is 4.79 Å². The van der Waals surface area contributed by atoms with Gasteiger partial charge in [-0.05, 0) is 36.1 Å². The Hall–Kier alpha value is -3.00. The molecular weight excluding hydrogens is 316 g/mol. The average molecular weight is 338 g/mol. The van der Waals surface area contributed by atoms with Crippen molar-refractivity contribution in [3.63, 3.8) is 0 Å². The smallest absolute Gasteiger partial charge is 0.234 e. The number of rotatable bonds is 9. The molecule has 0 heterocycles. The van der Waals surface area contributed by atoms with Crippen LogP contribution in [0.2, 0.25) is 0 Å². The fourth-order valence-electron chi connectivity index (χ4n) is 2.38. The standard InChI is InChI=1S/C20H22N2O3/c1-24-18-10-9-17(15-22-20(23)11-12-21)14-19(18)25-13-5-8-16-6-3-2-4-7-16/h2-4,6-7,9-10,14H,5,8,11,13,15H2,1H3,(H,22,23). The molecule has 0 spiro atoms. The Morgan fingerprint density at radius 1 is 1.12 bits per heavy atom. The summed E-state index contributed by atoms with van der Waals surface area (Å²) in [4.78, 5) is 11.4. The van der Waals surface area contributed by atoms with Gasteiger partial charge in [0.05, 0.1) is 19.8 Å². The highest BCUT2D eigenvalue weighted by Gasteiger charge is 2.07. The molecule has 0 bridgehead atoms. The lowest BCUT2D eigenvalue weighted by Gasteiger charge is -2.13. The highest BCUT2D eigenvalue weighted by atomic mass is 16.5. The van der Waals surface area contributed by atoms with Crippen molar-refractivity contribution in [2.75, 3.05) is 13.7 Å². The second-order valence-electron chi connectivity index (χ2n) is 5.53. The Morgan fingerprint density at radius 2 is 1.92 bits per heavy atom. The van der Waals surface area contributed by atoms with E-state index in [0.29, 0.717) is 24.7 Å². The Morgan fingerprint density at radius 3 is 2.64 bits per heavy atom. The van der Waals surface area contributed by atoms with Crippen LogP contribution in [0.3, 0.4) is 0 Å². The molecule has 0 saturated carbocycles. The van der Waals surface area contributed by atoms with Crippen molar-refractivity contribution in [1.82, 2.24) is 5.32 Å². The summed E-state index contributed by atoms with van der Waals surface area (Å²) in [7, 11) is 1.60. The fourth-order valence-corrected chi connectivity index (χ4v) is 2.38. The number of hydrogen-bond donors (Lipinski definition) is 1. The predicted molar refractivity (Wildman–Crippen MR) is 95.3 cm³/mol. The van der Waals surface area contributed by atoms with E-state index in [4.69, 9.17) is 14.7 Å². The molecule has 2 aromatic rings. The molecule has 2 rings (SSSR count). The molecule has 5 heteroatoms. The van der Waals surface area contributed by atoms with Gasteiger partial charge in [0.1, 0.15) is 6.42 Å². The number of methoxy groups -OCH3 is 1. The van der Waals surface area contributed by atoms with Gasteiger partial charge in [-0.1, -0.05) is 36.4 Å². The minimum Gasteiger partial charge on any atom is -0.493 e. The monoisotopic (exact) mass is 338 g/mol. The number of nitrogens with zero attached hydrogens (tertiary/aromatic N) is 1. The van der Waals surface area contributed by atoms with Crippen LogP contribution in [0.5, 0.6) is 11.5 Å². The summed E-state index contributed by atoms with van der Waals surface area (Å²) < 4.78 is 11.2. The third kappa shape index (κ3) is 6.19. The zero-order valence-electron chi connectivity index (χ0n) is 14.3. The first-order chi connectivity index (χ1) is 12.2. The molecule has 0 aromatic heterocycles. The Kier molecular flexibility index (Phi) is 7.33. The van der Waals surface area contributed by atoms with Crippen molar-refractivity contribution in [2.45, 2.75) is 25.8 Å². The van der Waals surface area contributed by atoms with Gasteiger partial charge in [-0.2, -0.15) is 5.26 Å². The number of benzene rings is 2. The predicted octanol–water partition coefficient (Wildman–Crippen LogP) is 3.24. The lowest BCUT2D eigenvalue weighted by Crippen LogP contribution is -2.21. The Balaban J connectivity index is 1.88. The molecule has 0 fully saturated rings. The number of carbonyl (C=O) groups excluding carboxylic acids is 1. The summed E-state index contributed by atoms with van der Waals surface area (Å²) >= 11 is 0. The number of amides is 1. The summed E-state index contributed by atoms with van der Waals surface area (Å²) in [6, 6.07) is 17.6. The van der Waals surface area contributed by atoms with Crippen molar-refractivity contribution < 1.29 is 14.3 Å². The van der Waals surface area contributed by atoms with Gasteiger partial charge in [-0.3, -0.25) is 4.79 Å². The molecule has 0 aliphatic carbocycles. The van der Waals surface area contributed by atoms with Crippen LogP contribution >= 0.6 is 0 Å². The van der Waals surface area contributed by atoms with Gasteiger partial charge < -0.3 is 14.8 Å². The van der Waals surface area contributed by atoms with Gasteiger partial charge in [0, 0.05) is 6.54 Å². The van der Waals surface area contributed by atoms with E-state index < -0.39 is 0 Å². The number of aryl methyl sites for hydroxylation is 1. The van der Waals surface area contributed by atoms with Gasteiger partial charge in [0.15, 0.2) is 11.5 Å². The molecule has 1 amide bonds. The van der Waals surface area contributed by atoms with E-state index in [1.807, 2.05) is 42.5 Å². The average Bonchev–Trinajstić information content (AvgIpc) is 2.65. The molecule has 0 saturated heterocycles. The van der Waals surface area contributed by atoms with Gasteiger partial charge in [-0.15, -0.1) is 0 Å². The molecule has 0 unspecified atom stereocenters. The molecule has 0 aliphatic heterocycles. The van der Waals surface area contributed by atoms with Gasteiger partial charge in [-0.25, -0.2) is 0 Å². The van der Waals surface area contributed by atoms with Crippen LogP contribution in [-0.4, -0.2) is 19.6 Å². The number of carbonyl (C=O) groups is 1. The lowest BCUT2D eigenvalue weighted by atomic mass is 10.1. The van der Waals surface area contributed by atoms with E-state index >= 15 is 0 Å². The summed E-state index contributed by atoms with van der Waals surface area (Å²) in [5, 5.41) is 11.2. The van der Waals surface area contributed by atoms with E-state index in [0.717, 1.165) is 18.4 Å². The normalized spacial score (nSPS) is 9.92. The summed E-state index contributed by atoms with van der Waals surface area (Å²) in [5.41, 5.74) is 2.18. The topological polar surface area (TPSA) is 71.3 Å². The van der Waals surface area contributed by atoms with Crippen molar-refractivity contribution in [3.8, 4) is 17.6 Å². The van der Waals surface area contributed by atoms with Gasteiger partial charge >= 0.3 is 0 Å². The Labute approximate surface area is 148 Å². The van der Waals surface area contributed by atoms with Crippen molar-refractivity contribution in [1.29, 1.82) is 5.26 Å². The van der Waals surface area contributed by atoms with Crippen LogP contribution in [0, 0.1) is 11.3 Å². The number of nitrogens with one attached hydrogen (secondary N) is 1. The zero-order valence-corrected chi connectivity index (χ0v) is 14.3. The second-order valence-corrected chi connectivity index (χ2v) is 5.53. The summed E-state index contributed by atoms with van der Waals surface area (Å²) in [6.45, 7) is 0.931. The minimum absolute atomic E-state index is 0.140. The highest BCUT2D eigenvalue weighted by molar-refractivity contribution is 5.77. The van der Waals surface area contributed by atoms with E-state index in [1.165, 1.54) is 5.56 Å².